The van der Waals surface area contributed by atoms with Crippen LogP contribution in [0.2, 0.25) is 0 Å². The lowest BCUT2D eigenvalue weighted by atomic mass is 10.0. The molecule has 0 saturated carbocycles. The van der Waals surface area contributed by atoms with Crippen molar-refractivity contribution < 1.29 is 4.39 Å². The molecule has 0 aliphatic heterocycles. The SMILES string of the molecule is CCC(N)c1cc(C)cc(F)c1. The summed E-state index contributed by atoms with van der Waals surface area (Å²) in [5.41, 5.74) is 7.57. The van der Waals surface area contributed by atoms with Gasteiger partial charge in [0.1, 0.15) is 5.82 Å². The largest absolute Gasteiger partial charge is 0.324 e. The summed E-state index contributed by atoms with van der Waals surface area (Å²) in [5.74, 6) is -0.200. The van der Waals surface area contributed by atoms with E-state index in [0.717, 1.165) is 17.5 Å². The Morgan fingerprint density at radius 1 is 1.42 bits per heavy atom. The Bertz CT molecular complexity index is 250. The van der Waals surface area contributed by atoms with Crippen molar-refractivity contribution in [1.29, 1.82) is 0 Å². The molecule has 0 spiro atoms. The van der Waals surface area contributed by atoms with E-state index in [1.807, 2.05) is 19.9 Å². The Hall–Kier alpha value is -0.890. The van der Waals surface area contributed by atoms with Crippen molar-refractivity contribution in [3.05, 3.63) is 35.1 Å². The standard InChI is InChI=1S/C10H14FN/c1-3-10(12)8-4-7(2)5-9(11)6-8/h4-6,10H,3,12H2,1-2H3. The molecule has 1 nitrogen and oxygen atoms in total. The first-order valence-electron chi connectivity index (χ1n) is 4.16. The zero-order valence-electron chi connectivity index (χ0n) is 7.47. The van der Waals surface area contributed by atoms with Crippen LogP contribution in [0.1, 0.15) is 30.5 Å². The number of hydrogen-bond donors (Lipinski definition) is 1. The molecule has 1 atom stereocenters. The van der Waals surface area contributed by atoms with Crippen molar-refractivity contribution in [1.82, 2.24) is 0 Å². The molecular formula is C10H14FN. The molecule has 12 heavy (non-hydrogen) atoms. The van der Waals surface area contributed by atoms with E-state index in [-0.39, 0.29) is 11.9 Å². The maximum atomic E-state index is 12.9. The number of rotatable bonds is 2. The smallest absolute Gasteiger partial charge is 0.123 e. The molecule has 1 aromatic carbocycles. The Balaban J connectivity index is 3.00. The minimum atomic E-state index is -0.200. The minimum Gasteiger partial charge on any atom is -0.324 e. The van der Waals surface area contributed by atoms with Crippen molar-refractivity contribution in [3.63, 3.8) is 0 Å². The van der Waals surface area contributed by atoms with Crippen LogP contribution >= 0.6 is 0 Å². The zero-order chi connectivity index (χ0) is 9.14. The van der Waals surface area contributed by atoms with Gasteiger partial charge in [0, 0.05) is 6.04 Å². The van der Waals surface area contributed by atoms with E-state index >= 15 is 0 Å². The molecule has 1 unspecified atom stereocenters. The zero-order valence-corrected chi connectivity index (χ0v) is 7.47. The van der Waals surface area contributed by atoms with Crippen molar-refractivity contribution >= 4 is 0 Å². The number of nitrogens with two attached hydrogens (primary N) is 1. The average molecular weight is 167 g/mol. The van der Waals surface area contributed by atoms with Crippen LogP contribution in [0.4, 0.5) is 4.39 Å². The predicted molar refractivity (Wildman–Crippen MR) is 48.4 cm³/mol. The first-order chi connectivity index (χ1) is 5.63. The number of halogens is 1. The molecule has 1 rings (SSSR count). The lowest BCUT2D eigenvalue weighted by Gasteiger charge is -2.09. The normalized spacial score (nSPS) is 13.0. The van der Waals surface area contributed by atoms with Crippen LogP contribution in [0.3, 0.4) is 0 Å². The van der Waals surface area contributed by atoms with E-state index in [0.29, 0.717) is 0 Å². The molecule has 0 radical (unpaired) electrons. The first kappa shape index (κ1) is 9.20. The molecule has 0 bridgehead atoms. The topological polar surface area (TPSA) is 26.0 Å². The summed E-state index contributed by atoms with van der Waals surface area (Å²) in [6, 6.07) is 4.89. The van der Waals surface area contributed by atoms with Gasteiger partial charge in [-0.05, 0) is 36.6 Å². The Morgan fingerprint density at radius 3 is 2.58 bits per heavy atom. The van der Waals surface area contributed by atoms with E-state index in [9.17, 15) is 4.39 Å². The molecule has 0 saturated heterocycles. The van der Waals surface area contributed by atoms with E-state index in [2.05, 4.69) is 0 Å². The summed E-state index contributed by atoms with van der Waals surface area (Å²) < 4.78 is 12.9. The van der Waals surface area contributed by atoms with Crippen molar-refractivity contribution in [3.8, 4) is 0 Å². The van der Waals surface area contributed by atoms with Gasteiger partial charge in [-0.25, -0.2) is 4.39 Å². The van der Waals surface area contributed by atoms with Crippen LogP contribution < -0.4 is 5.73 Å². The van der Waals surface area contributed by atoms with Gasteiger partial charge in [-0.15, -0.1) is 0 Å². The molecule has 0 fully saturated rings. The van der Waals surface area contributed by atoms with Crippen LogP contribution in [0.25, 0.3) is 0 Å². The van der Waals surface area contributed by atoms with E-state index in [1.165, 1.54) is 12.1 Å². The average Bonchev–Trinajstić information content (AvgIpc) is 2.01. The summed E-state index contributed by atoms with van der Waals surface area (Å²) in [7, 11) is 0. The van der Waals surface area contributed by atoms with Crippen LogP contribution in [-0.4, -0.2) is 0 Å². The van der Waals surface area contributed by atoms with Crippen LogP contribution in [0.5, 0.6) is 0 Å². The van der Waals surface area contributed by atoms with Gasteiger partial charge in [0.2, 0.25) is 0 Å². The molecule has 0 heterocycles. The van der Waals surface area contributed by atoms with Crippen LogP contribution in [0.15, 0.2) is 18.2 Å². The van der Waals surface area contributed by atoms with Gasteiger partial charge < -0.3 is 5.73 Å². The molecule has 0 aromatic heterocycles. The lowest BCUT2D eigenvalue weighted by molar-refractivity contribution is 0.615. The monoisotopic (exact) mass is 167 g/mol. The van der Waals surface area contributed by atoms with Crippen molar-refractivity contribution in [2.24, 2.45) is 5.73 Å². The second kappa shape index (κ2) is 3.68. The van der Waals surface area contributed by atoms with Gasteiger partial charge in [-0.2, -0.15) is 0 Å². The summed E-state index contributed by atoms with van der Waals surface area (Å²) in [4.78, 5) is 0. The third-order valence-electron chi connectivity index (χ3n) is 1.93. The fourth-order valence-electron chi connectivity index (χ4n) is 1.21. The molecule has 0 amide bonds. The van der Waals surface area contributed by atoms with Gasteiger partial charge in [-0.3, -0.25) is 0 Å². The molecule has 2 N–H and O–H groups in total. The van der Waals surface area contributed by atoms with Gasteiger partial charge in [0.15, 0.2) is 0 Å². The van der Waals surface area contributed by atoms with E-state index in [4.69, 9.17) is 5.73 Å². The van der Waals surface area contributed by atoms with Gasteiger partial charge in [-0.1, -0.05) is 13.0 Å². The summed E-state index contributed by atoms with van der Waals surface area (Å²) >= 11 is 0. The molecule has 66 valence electrons. The third-order valence-corrected chi connectivity index (χ3v) is 1.93. The Kier molecular flexibility index (Phi) is 2.82. The predicted octanol–water partition coefficient (Wildman–Crippen LogP) is 2.54. The van der Waals surface area contributed by atoms with Gasteiger partial charge in [0.25, 0.3) is 0 Å². The summed E-state index contributed by atoms with van der Waals surface area (Å²) in [6.07, 6.45) is 0.836. The number of benzene rings is 1. The summed E-state index contributed by atoms with van der Waals surface area (Å²) in [6.45, 7) is 3.86. The third kappa shape index (κ3) is 2.05. The highest BCUT2D eigenvalue weighted by atomic mass is 19.1. The highest BCUT2D eigenvalue weighted by Crippen LogP contribution is 2.16. The second-order valence-corrected chi connectivity index (χ2v) is 3.08. The van der Waals surface area contributed by atoms with Crippen LogP contribution in [-0.2, 0) is 0 Å². The maximum absolute atomic E-state index is 12.9. The van der Waals surface area contributed by atoms with E-state index < -0.39 is 0 Å². The Morgan fingerprint density at radius 2 is 2.08 bits per heavy atom. The van der Waals surface area contributed by atoms with Gasteiger partial charge >= 0.3 is 0 Å². The van der Waals surface area contributed by atoms with Crippen molar-refractivity contribution in [2.45, 2.75) is 26.3 Å². The van der Waals surface area contributed by atoms with Crippen molar-refractivity contribution in [2.75, 3.05) is 0 Å². The molecule has 1 aromatic rings. The Labute approximate surface area is 72.4 Å². The van der Waals surface area contributed by atoms with Crippen LogP contribution in [0, 0.1) is 12.7 Å². The van der Waals surface area contributed by atoms with E-state index in [1.54, 1.807) is 0 Å². The minimum absolute atomic E-state index is 0.0422. The number of aryl methyl sites for hydroxylation is 1. The summed E-state index contributed by atoms with van der Waals surface area (Å²) in [5, 5.41) is 0. The second-order valence-electron chi connectivity index (χ2n) is 3.08. The first-order valence-corrected chi connectivity index (χ1v) is 4.16. The molecule has 2 heteroatoms. The van der Waals surface area contributed by atoms with Gasteiger partial charge in [0.05, 0.1) is 0 Å². The quantitative estimate of drug-likeness (QED) is 0.719. The highest BCUT2D eigenvalue weighted by Gasteiger charge is 2.04. The lowest BCUT2D eigenvalue weighted by Crippen LogP contribution is -2.08. The fourth-order valence-corrected chi connectivity index (χ4v) is 1.21. The molecule has 0 aliphatic carbocycles. The highest BCUT2D eigenvalue weighted by molar-refractivity contribution is 5.25. The molecular weight excluding hydrogens is 153 g/mol. The number of hydrogen-bond acceptors (Lipinski definition) is 1. The molecule has 0 aliphatic rings. The maximum Gasteiger partial charge on any atom is 0.123 e. The fraction of sp³-hybridized carbons (Fsp3) is 0.400.